The average Bonchev–Trinajstić information content (AvgIpc) is 3.36. The SMILES string of the molecule is [C-]#[N+]c1ccc(-c2nc(-c3ccc(C#N)cc3)nc(-c3ccc(-c4cccc(-c5cc(C#N)ccc5-c5ccc(-c6ccc7c(ccc8ccccc87)c6)cc5)c4)cc3)n2)cc1. The summed E-state index contributed by atoms with van der Waals surface area (Å²) in [5.74, 6) is 1.46. The van der Waals surface area contributed by atoms with E-state index in [1.807, 2.05) is 54.6 Å². The fraction of sp³-hybridized carbons (Fsp3) is 0. The molecule has 6 heteroatoms. The van der Waals surface area contributed by atoms with Gasteiger partial charge >= 0.3 is 0 Å². The first-order valence-corrected chi connectivity index (χ1v) is 20.1. The fourth-order valence-electron chi connectivity index (χ4n) is 7.96. The van der Waals surface area contributed by atoms with Crippen LogP contribution in [0.1, 0.15) is 11.1 Å². The highest BCUT2D eigenvalue weighted by Gasteiger charge is 2.15. The van der Waals surface area contributed by atoms with Crippen LogP contribution in [0.4, 0.5) is 5.69 Å². The third-order valence-electron chi connectivity index (χ3n) is 11.2. The Labute approximate surface area is 358 Å². The molecule has 9 aromatic carbocycles. The summed E-state index contributed by atoms with van der Waals surface area (Å²) in [6.45, 7) is 7.35. The fourth-order valence-corrected chi connectivity index (χ4v) is 7.96. The van der Waals surface area contributed by atoms with Crippen LogP contribution in [0, 0.1) is 29.2 Å². The minimum atomic E-state index is 0.480. The van der Waals surface area contributed by atoms with Gasteiger partial charge in [0.25, 0.3) is 0 Å². The summed E-state index contributed by atoms with van der Waals surface area (Å²) in [4.78, 5) is 18.0. The quantitative estimate of drug-likeness (QED) is 0.118. The zero-order chi connectivity index (χ0) is 42.0. The van der Waals surface area contributed by atoms with Crippen molar-refractivity contribution in [3.05, 3.63) is 217 Å². The Morgan fingerprint density at radius 2 is 0.855 bits per heavy atom. The van der Waals surface area contributed by atoms with Gasteiger partial charge in [-0.25, -0.2) is 19.8 Å². The highest BCUT2D eigenvalue weighted by atomic mass is 15.0. The number of fused-ring (bicyclic) bond motifs is 3. The molecule has 0 aliphatic rings. The van der Waals surface area contributed by atoms with Crippen molar-refractivity contribution in [3.8, 4) is 90.8 Å². The van der Waals surface area contributed by atoms with Gasteiger partial charge in [-0.1, -0.05) is 146 Å². The molecule has 0 aliphatic carbocycles. The van der Waals surface area contributed by atoms with E-state index in [1.165, 1.54) is 21.5 Å². The summed E-state index contributed by atoms with van der Waals surface area (Å²) in [6, 6.07) is 69.5. The van der Waals surface area contributed by atoms with Gasteiger partial charge < -0.3 is 0 Å². The molecule has 286 valence electrons. The number of rotatable bonds is 7. The van der Waals surface area contributed by atoms with Crippen molar-refractivity contribution in [3.63, 3.8) is 0 Å². The summed E-state index contributed by atoms with van der Waals surface area (Å²) in [5.41, 5.74) is 12.4. The molecule has 0 unspecified atom stereocenters. The molecule has 0 aliphatic heterocycles. The van der Waals surface area contributed by atoms with E-state index in [9.17, 15) is 10.5 Å². The number of benzene rings is 9. The predicted octanol–water partition coefficient (Wildman–Crippen LogP) is 14.1. The summed E-state index contributed by atoms with van der Waals surface area (Å²) >= 11 is 0. The van der Waals surface area contributed by atoms with Gasteiger partial charge in [0, 0.05) is 16.7 Å². The maximum absolute atomic E-state index is 9.94. The highest BCUT2D eigenvalue weighted by molar-refractivity contribution is 6.08. The van der Waals surface area contributed by atoms with E-state index in [1.54, 1.807) is 24.3 Å². The van der Waals surface area contributed by atoms with Gasteiger partial charge in [0.1, 0.15) is 0 Å². The van der Waals surface area contributed by atoms with Crippen molar-refractivity contribution in [2.45, 2.75) is 0 Å². The van der Waals surface area contributed by atoms with Crippen LogP contribution >= 0.6 is 0 Å². The highest BCUT2D eigenvalue weighted by Crippen LogP contribution is 2.37. The van der Waals surface area contributed by atoms with Crippen LogP contribution in [0.15, 0.2) is 194 Å². The number of aromatic nitrogens is 3. The summed E-state index contributed by atoms with van der Waals surface area (Å²) < 4.78 is 0. The van der Waals surface area contributed by atoms with Crippen molar-refractivity contribution in [1.82, 2.24) is 15.0 Å². The third kappa shape index (κ3) is 7.20. The van der Waals surface area contributed by atoms with Gasteiger partial charge in [0.05, 0.1) is 29.8 Å². The second-order valence-electron chi connectivity index (χ2n) is 15.0. The molecule has 0 saturated heterocycles. The van der Waals surface area contributed by atoms with Crippen LogP contribution in [0.25, 0.3) is 105 Å². The van der Waals surface area contributed by atoms with Gasteiger partial charge in [0.15, 0.2) is 23.2 Å². The van der Waals surface area contributed by atoms with E-state index in [2.05, 4.69) is 132 Å². The Kier molecular flexibility index (Phi) is 9.60. The van der Waals surface area contributed by atoms with Crippen LogP contribution in [0.3, 0.4) is 0 Å². The molecule has 0 saturated carbocycles. The molecule has 0 spiro atoms. The Balaban J connectivity index is 0.964. The molecular formula is C56H32N6. The molecule has 10 aromatic rings. The largest absolute Gasteiger partial charge is 0.238 e. The van der Waals surface area contributed by atoms with Gasteiger partial charge in [-0.2, -0.15) is 10.5 Å². The lowest BCUT2D eigenvalue weighted by Crippen LogP contribution is -2.00. The van der Waals surface area contributed by atoms with E-state index >= 15 is 0 Å². The van der Waals surface area contributed by atoms with Crippen LogP contribution in [0.2, 0.25) is 0 Å². The predicted molar refractivity (Wildman–Crippen MR) is 249 cm³/mol. The van der Waals surface area contributed by atoms with Crippen molar-refractivity contribution in [2.75, 3.05) is 0 Å². The first kappa shape index (κ1) is 37.3. The minimum absolute atomic E-state index is 0.480. The molecule has 0 atom stereocenters. The smallest absolute Gasteiger partial charge is 0.187 e. The standard InChI is InChI=1S/C56H32N6/c1-59-49-27-24-44(25-28-49)56-61-54(42-12-9-36(34-57)10-13-42)60-55(62-56)43-21-16-38(17-22-43)45-6-4-7-47(32-45)53-31-37(35-58)11-29-51(53)41-18-14-39(15-19-41)46-26-30-52-48(33-46)23-20-40-5-2-3-8-50(40)52/h2-33H. The van der Waals surface area contributed by atoms with Gasteiger partial charge in [-0.05, 0) is 115 Å². The normalized spacial score (nSPS) is 10.9. The molecular weight excluding hydrogens is 757 g/mol. The van der Waals surface area contributed by atoms with E-state index in [4.69, 9.17) is 21.5 Å². The number of nitriles is 2. The van der Waals surface area contributed by atoms with Gasteiger partial charge in [0.2, 0.25) is 0 Å². The molecule has 0 bridgehead atoms. The molecule has 6 nitrogen and oxygen atoms in total. The second-order valence-corrected chi connectivity index (χ2v) is 15.0. The Hall–Kier alpha value is -9.02. The zero-order valence-electron chi connectivity index (χ0n) is 33.2. The lowest BCUT2D eigenvalue weighted by Gasteiger charge is -2.14. The van der Waals surface area contributed by atoms with Crippen LogP contribution in [-0.4, -0.2) is 15.0 Å². The van der Waals surface area contributed by atoms with Crippen LogP contribution in [-0.2, 0) is 0 Å². The van der Waals surface area contributed by atoms with E-state index in [-0.39, 0.29) is 0 Å². The maximum Gasteiger partial charge on any atom is 0.187 e. The monoisotopic (exact) mass is 788 g/mol. The van der Waals surface area contributed by atoms with Crippen molar-refractivity contribution >= 4 is 27.2 Å². The molecule has 0 fully saturated rings. The lowest BCUT2D eigenvalue weighted by atomic mass is 9.90. The average molecular weight is 789 g/mol. The third-order valence-corrected chi connectivity index (χ3v) is 11.2. The number of hydrogen-bond acceptors (Lipinski definition) is 5. The van der Waals surface area contributed by atoms with Crippen molar-refractivity contribution < 1.29 is 0 Å². The Morgan fingerprint density at radius 1 is 0.355 bits per heavy atom. The van der Waals surface area contributed by atoms with E-state index in [0.717, 1.165) is 61.2 Å². The maximum atomic E-state index is 9.94. The number of nitrogens with zero attached hydrogens (tertiary/aromatic N) is 6. The molecule has 1 aromatic heterocycles. The molecule has 0 radical (unpaired) electrons. The summed E-state index contributed by atoms with van der Waals surface area (Å²) in [5, 5.41) is 24.2. The second kappa shape index (κ2) is 16.0. The number of hydrogen-bond donors (Lipinski definition) is 0. The Bertz CT molecular complexity index is 3380. The van der Waals surface area contributed by atoms with Crippen molar-refractivity contribution in [1.29, 1.82) is 10.5 Å². The topological polar surface area (TPSA) is 90.6 Å². The van der Waals surface area contributed by atoms with E-state index < -0.39 is 0 Å². The summed E-state index contributed by atoms with van der Waals surface area (Å²) in [6.07, 6.45) is 0. The molecule has 1 heterocycles. The zero-order valence-corrected chi connectivity index (χ0v) is 33.2. The molecule has 0 amide bonds. The van der Waals surface area contributed by atoms with Crippen molar-refractivity contribution in [2.24, 2.45) is 0 Å². The summed E-state index contributed by atoms with van der Waals surface area (Å²) in [7, 11) is 0. The van der Waals surface area contributed by atoms with Crippen LogP contribution in [0.5, 0.6) is 0 Å². The molecule has 0 N–H and O–H groups in total. The molecule has 62 heavy (non-hydrogen) atoms. The van der Waals surface area contributed by atoms with E-state index in [0.29, 0.717) is 34.3 Å². The minimum Gasteiger partial charge on any atom is -0.238 e. The lowest BCUT2D eigenvalue weighted by molar-refractivity contribution is 1.07. The first-order valence-electron chi connectivity index (χ1n) is 20.1. The molecule has 10 rings (SSSR count). The Morgan fingerprint density at radius 3 is 1.50 bits per heavy atom. The van der Waals surface area contributed by atoms with Gasteiger partial charge in [-0.15, -0.1) is 0 Å². The first-order chi connectivity index (χ1) is 30.5. The van der Waals surface area contributed by atoms with Crippen LogP contribution < -0.4 is 0 Å². The van der Waals surface area contributed by atoms with Gasteiger partial charge in [-0.3, -0.25) is 0 Å².